The minimum atomic E-state index is -0.138. The molecule has 0 aromatic carbocycles. The molecule has 0 aliphatic rings. The third kappa shape index (κ3) is 4.43. The van der Waals surface area contributed by atoms with Crippen molar-refractivity contribution in [2.24, 2.45) is 5.73 Å². The van der Waals surface area contributed by atoms with Crippen molar-refractivity contribution in [3.8, 4) is 0 Å². The van der Waals surface area contributed by atoms with Crippen LogP contribution in [0.3, 0.4) is 0 Å². The predicted molar refractivity (Wildman–Crippen MR) is 47.8 cm³/mol. The molecule has 0 amide bonds. The van der Waals surface area contributed by atoms with Crippen molar-refractivity contribution in [2.75, 3.05) is 19.7 Å². The Hall–Kier alpha value is -0.450. The minimum absolute atomic E-state index is 0.0619. The fourth-order valence-corrected chi connectivity index (χ4v) is 1.04. The maximum atomic E-state index is 11.3. The molecule has 0 spiro atoms. The summed E-state index contributed by atoms with van der Waals surface area (Å²) in [5.74, 6) is 0.133. The molecule has 4 N–H and O–H groups in total. The number of aliphatic hydroxyl groups is 1. The Morgan fingerprint density at radius 1 is 1.67 bits per heavy atom. The van der Waals surface area contributed by atoms with Crippen LogP contribution in [0.4, 0.5) is 0 Å². The highest BCUT2D eigenvalue weighted by Gasteiger charge is 2.13. The summed E-state index contributed by atoms with van der Waals surface area (Å²) in [6.45, 7) is 2.86. The van der Waals surface area contributed by atoms with Gasteiger partial charge in [-0.15, -0.1) is 0 Å². The molecule has 0 rings (SSSR count). The van der Waals surface area contributed by atoms with Gasteiger partial charge in [0.25, 0.3) is 0 Å². The third-order valence-corrected chi connectivity index (χ3v) is 1.69. The van der Waals surface area contributed by atoms with Crippen LogP contribution >= 0.6 is 0 Å². The first-order valence-electron chi connectivity index (χ1n) is 4.33. The van der Waals surface area contributed by atoms with Crippen molar-refractivity contribution >= 4 is 5.78 Å². The molecular weight excluding hydrogens is 156 g/mol. The largest absolute Gasteiger partial charge is 0.395 e. The molecule has 0 aromatic heterocycles. The van der Waals surface area contributed by atoms with Crippen molar-refractivity contribution in [2.45, 2.75) is 25.8 Å². The average Bonchev–Trinajstić information content (AvgIpc) is 2.06. The predicted octanol–water partition coefficient (Wildman–Crippen LogP) is -0.735. The lowest BCUT2D eigenvalue weighted by molar-refractivity contribution is -0.121. The Kier molecular flexibility index (Phi) is 6.94. The van der Waals surface area contributed by atoms with Gasteiger partial charge in [0.1, 0.15) is 0 Å². The number of rotatable bonds is 7. The zero-order chi connectivity index (χ0) is 9.40. The molecule has 0 radical (unpaired) electrons. The second-order valence-corrected chi connectivity index (χ2v) is 2.64. The van der Waals surface area contributed by atoms with Crippen LogP contribution in [0, 0.1) is 0 Å². The standard InChI is InChI=1S/C8H18N2O2/c1-2-7(10-5-6-11)8(12)3-4-9/h7,10-11H,2-6,9H2,1H3. The van der Waals surface area contributed by atoms with E-state index < -0.39 is 0 Å². The molecule has 0 saturated heterocycles. The number of carbonyl (C=O) groups excluding carboxylic acids is 1. The lowest BCUT2D eigenvalue weighted by Gasteiger charge is -2.13. The van der Waals surface area contributed by atoms with Crippen LogP contribution in [-0.4, -0.2) is 36.6 Å². The Bertz CT molecular complexity index is 128. The van der Waals surface area contributed by atoms with Crippen molar-refractivity contribution in [1.82, 2.24) is 5.32 Å². The van der Waals surface area contributed by atoms with Gasteiger partial charge < -0.3 is 16.2 Å². The van der Waals surface area contributed by atoms with E-state index in [1.54, 1.807) is 0 Å². The lowest BCUT2D eigenvalue weighted by Crippen LogP contribution is -2.38. The highest BCUT2D eigenvalue weighted by Crippen LogP contribution is 1.95. The van der Waals surface area contributed by atoms with Gasteiger partial charge >= 0.3 is 0 Å². The van der Waals surface area contributed by atoms with Crippen LogP contribution in [-0.2, 0) is 4.79 Å². The summed E-state index contributed by atoms with van der Waals surface area (Å²) in [5, 5.41) is 11.5. The van der Waals surface area contributed by atoms with Crippen molar-refractivity contribution < 1.29 is 9.90 Å². The number of Topliss-reactive ketones (excluding diaryl/α,β-unsaturated/α-hetero) is 1. The smallest absolute Gasteiger partial charge is 0.150 e. The molecule has 0 bridgehead atoms. The van der Waals surface area contributed by atoms with E-state index in [0.29, 0.717) is 19.5 Å². The van der Waals surface area contributed by atoms with Gasteiger partial charge in [-0.25, -0.2) is 0 Å². The number of carbonyl (C=O) groups is 1. The van der Waals surface area contributed by atoms with Gasteiger partial charge in [0.05, 0.1) is 12.6 Å². The number of nitrogens with two attached hydrogens (primary N) is 1. The zero-order valence-electron chi connectivity index (χ0n) is 7.55. The first-order chi connectivity index (χ1) is 5.76. The molecule has 0 aliphatic heterocycles. The van der Waals surface area contributed by atoms with Gasteiger partial charge in [0.15, 0.2) is 5.78 Å². The number of hydrogen-bond donors (Lipinski definition) is 3. The second kappa shape index (κ2) is 7.21. The molecule has 1 atom stereocenters. The molecule has 0 heterocycles. The molecule has 4 heteroatoms. The first kappa shape index (κ1) is 11.6. The molecule has 0 aliphatic carbocycles. The fourth-order valence-electron chi connectivity index (χ4n) is 1.04. The number of aliphatic hydroxyl groups excluding tert-OH is 1. The van der Waals surface area contributed by atoms with Crippen LogP contribution < -0.4 is 11.1 Å². The van der Waals surface area contributed by atoms with E-state index >= 15 is 0 Å². The normalized spacial score (nSPS) is 12.9. The van der Waals surface area contributed by atoms with Gasteiger partial charge in [0, 0.05) is 13.0 Å². The summed E-state index contributed by atoms with van der Waals surface area (Å²) in [6, 6.07) is -0.138. The SMILES string of the molecule is CCC(NCCO)C(=O)CCN. The molecule has 0 saturated carbocycles. The minimum Gasteiger partial charge on any atom is -0.395 e. The molecule has 72 valence electrons. The monoisotopic (exact) mass is 174 g/mol. The van der Waals surface area contributed by atoms with Crippen molar-refractivity contribution in [3.05, 3.63) is 0 Å². The van der Waals surface area contributed by atoms with E-state index in [9.17, 15) is 4.79 Å². The van der Waals surface area contributed by atoms with E-state index in [0.717, 1.165) is 6.42 Å². The number of nitrogens with one attached hydrogen (secondary N) is 1. The molecular formula is C8H18N2O2. The van der Waals surface area contributed by atoms with E-state index in [-0.39, 0.29) is 18.4 Å². The zero-order valence-corrected chi connectivity index (χ0v) is 7.55. The first-order valence-corrected chi connectivity index (χ1v) is 4.33. The van der Waals surface area contributed by atoms with Crippen LogP contribution in [0.1, 0.15) is 19.8 Å². The van der Waals surface area contributed by atoms with Gasteiger partial charge in [-0.1, -0.05) is 6.92 Å². The summed E-state index contributed by atoms with van der Waals surface area (Å²) < 4.78 is 0. The maximum Gasteiger partial charge on any atom is 0.150 e. The Balaban J connectivity index is 3.71. The van der Waals surface area contributed by atoms with E-state index in [1.165, 1.54) is 0 Å². The summed E-state index contributed by atoms with van der Waals surface area (Å²) in [5.41, 5.74) is 5.25. The van der Waals surface area contributed by atoms with Gasteiger partial charge in [-0.2, -0.15) is 0 Å². The summed E-state index contributed by atoms with van der Waals surface area (Å²) in [7, 11) is 0. The average molecular weight is 174 g/mol. The summed E-state index contributed by atoms with van der Waals surface area (Å²) >= 11 is 0. The van der Waals surface area contributed by atoms with E-state index in [2.05, 4.69) is 5.32 Å². The van der Waals surface area contributed by atoms with Crippen LogP contribution in [0.15, 0.2) is 0 Å². The molecule has 0 aromatic rings. The molecule has 4 nitrogen and oxygen atoms in total. The van der Waals surface area contributed by atoms with Crippen LogP contribution in [0.2, 0.25) is 0 Å². The summed E-state index contributed by atoms with van der Waals surface area (Å²) in [6.07, 6.45) is 1.16. The highest BCUT2D eigenvalue weighted by atomic mass is 16.3. The number of hydrogen-bond acceptors (Lipinski definition) is 4. The van der Waals surface area contributed by atoms with Gasteiger partial charge in [0.2, 0.25) is 0 Å². The van der Waals surface area contributed by atoms with Crippen molar-refractivity contribution in [3.63, 3.8) is 0 Å². The van der Waals surface area contributed by atoms with E-state index in [1.807, 2.05) is 6.92 Å². The maximum absolute atomic E-state index is 11.3. The quantitative estimate of drug-likeness (QED) is 0.475. The van der Waals surface area contributed by atoms with Gasteiger partial charge in [-0.3, -0.25) is 4.79 Å². The molecule has 1 unspecified atom stereocenters. The Labute approximate surface area is 73.1 Å². The van der Waals surface area contributed by atoms with Crippen LogP contribution in [0.25, 0.3) is 0 Å². The topological polar surface area (TPSA) is 75.3 Å². The highest BCUT2D eigenvalue weighted by molar-refractivity contribution is 5.84. The molecule has 12 heavy (non-hydrogen) atoms. The third-order valence-electron chi connectivity index (χ3n) is 1.69. The Morgan fingerprint density at radius 3 is 2.75 bits per heavy atom. The second-order valence-electron chi connectivity index (χ2n) is 2.64. The Morgan fingerprint density at radius 2 is 2.33 bits per heavy atom. The van der Waals surface area contributed by atoms with Gasteiger partial charge in [-0.05, 0) is 13.0 Å². The number of ketones is 1. The lowest BCUT2D eigenvalue weighted by atomic mass is 10.1. The van der Waals surface area contributed by atoms with Crippen LogP contribution in [0.5, 0.6) is 0 Å². The van der Waals surface area contributed by atoms with Crippen molar-refractivity contribution in [1.29, 1.82) is 0 Å². The summed E-state index contributed by atoms with van der Waals surface area (Å²) in [4.78, 5) is 11.3. The van der Waals surface area contributed by atoms with E-state index in [4.69, 9.17) is 10.8 Å². The molecule has 0 fully saturated rings. The fraction of sp³-hybridized carbons (Fsp3) is 0.875.